The maximum atomic E-state index is 4.57. The van der Waals surface area contributed by atoms with Crippen molar-refractivity contribution in [3.05, 3.63) is 6.07 Å². The van der Waals surface area contributed by atoms with Crippen molar-refractivity contribution in [2.24, 2.45) is 0 Å². The Morgan fingerprint density at radius 3 is 2.80 bits per heavy atom. The van der Waals surface area contributed by atoms with Gasteiger partial charge in [0.1, 0.15) is 11.6 Å². The highest BCUT2D eigenvalue weighted by Gasteiger charge is 2.34. The number of nitrogens with one attached hydrogen (secondary N) is 2. The second kappa shape index (κ2) is 6.18. The summed E-state index contributed by atoms with van der Waals surface area (Å²) in [5.41, 5.74) is 0. The molecule has 1 aromatic rings. The molecule has 2 heterocycles. The summed E-state index contributed by atoms with van der Waals surface area (Å²) in [5.74, 6) is 1.86. The van der Waals surface area contributed by atoms with Gasteiger partial charge >= 0.3 is 0 Å². The van der Waals surface area contributed by atoms with E-state index >= 15 is 0 Å². The monoisotopic (exact) mass is 293 g/mol. The molecular weight excluding hydrogens is 270 g/mol. The molecule has 1 atom stereocenters. The third-order valence-electron chi connectivity index (χ3n) is 3.88. The standard InChI is InChI=1S/C14H23N5S/c1-3-15-12-8-13(18-14(17-12)20-2)16-10-6-7-19(9-10)11-4-5-11/h8,10-11H,3-7,9H2,1-2H3,(H2,15,16,17,18). The van der Waals surface area contributed by atoms with Crippen molar-refractivity contribution in [3.8, 4) is 0 Å². The summed E-state index contributed by atoms with van der Waals surface area (Å²) in [5, 5.41) is 7.67. The van der Waals surface area contributed by atoms with E-state index in [1.165, 1.54) is 25.8 Å². The molecule has 1 saturated heterocycles. The van der Waals surface area contributed by atoms with Gasteiger partial charge in [-0.15, -0.1) is 0 Å². The molecule has 6 heteroatoms. The van der Waals surface area contributed by atoms with Crippen LogP contribution >= 0.6 is 11.8 Å². The van der Waals surface area contributed by atoms with Gasteiger partial charge in [-0.3, -0.25) is 4.90 Å². The average Bonchev–Trinajstić information content (AvgIpc) is 3.20. The Bertz CT molecular complexity index is 463. The van der Waals surface area contributed by atoms with E-state index in [0.29, 0.717) is 6.04 Å². The van der Waals surface area contributed by atoms with Gasteiger partial charge in [0.05, 0.1) is 0 Å². The molecule has 2 aliphatic rings. The summed E-state index contributed by atoms with van der Waals surface area (Å²) < 4.78 is 0. The van der Waals surface area contributed by atoms with Crippen molar-refractivity contribution in [1.82, 2.24) is 14.9 Å². The molecule has 1 aliphatic carbocycles. The van der Waals surface area contributed by atoms with E-state index in [2.05, 4.69) is 32.4 Å². The molecule has 1 aliphatic heterocycles. The summed E-state index contributed by atoms with van der Waals surface area (Å²) in [6.07, 6.45) is 6.01. The fraction of sp³-hybridized carbons (Fsp3) is 0.714. The molecule has 2 fully saturated rings. The molecule has 0 radical (unpaired) electrons. The van der Waals surface area contributed by atoms with Crippen molar-refractivity contribution in [2.45, 2.75) is 43.4 Å². The van der Waals surface area contributed by atoms with Gasteiger partial charge in [0, 0.05) is 37.8 Å². The lowest BCUT2D eigenvalue weighted by atomic mass is 10.2. The van der Waals surface area contributed by atoms with Crippen LogP contribution in [0.15, 0.2) is 11.2 Å². The number of rotatable bonds is 6. The quantitative estimate of drug-likeness (QED) is 0.620. The van der Waals surface area contributed by atoms with Gasteiger partial charge in [0.15, 0.2) is 5.16 Å². The predicted molar refractivity (Wildman–Crippen MR) is 84.6 cm³/mol. The van der Waals surface area contributed by atoms with Crippen molar-refractivity contribution in [2.75, 3.05) is 36.5 Å². The molecule has 110 valence electrons. The van der Waals surface area contributed by atoms with Crippen LogP contribution in [-0.2, 0) is 0 Å². The first-order valence-electron chi connectivity index (χ1n) is 7.46. The van der Waals surface area contributed by atoms with Gasteiger partial charge in [-0.1, -0.05) is 11.8 Å². The predicted octanol–water partition coefficient (Wildman–Crippen LogP) is 2.28. The van der Waals surface area contributed by atoms with Crippen molar-refractivity contribution in [3.63, 3.8) is 0 Å². The highest BCUT2D eigenvalue weighted by atomic mass is 32.2. The minimum atomic E-state index is 0.523. The first-order chi connectivity index (χ1) is 9.78. The molecule has 5 nitrogen and oxygen atoms in total. The van der Waals surface area contributed by atoms with Gasteiger partial charge in [-0.2, -0.15) is 0 Å². The Morgan fingerprint density at radius 2 is 2.10 bits per heavy atom. The Balaban J connectivity index is 1.65. The highest BCUT2D eigenvalue weighted by molar-refractivity contribution is 7.98. The maximum absolute atomic E-state index is 4.57. The van der Waals surface area contributed by atoms with E-state index in [1.807, 2.05) is 12.3 Å². The minimum absolute atomic E-state index is 0.523. The summed E-state index contributed by atoms with van der Waals surface area (Å²) in [4.78, 5) is 11.6. The van der Waals surface area contributed by atoms with E-state index in [1.54, 1.807) is 11.8 Å². The van der Waals surface area contributed by atoms with Gasteiger partial charge in [-0.25, -0.2) is 9.97 Å². The Kier molecular flexibility index (Phi) is 4.31. The fourth-order valence-corrected chi connectivity index (χ4v) is 3.13. The largest absolute Gasteiger partial charge is 0.370 e. The van der Waals surface area contributed by atoms with Crippen LogP contribution in [0, 0.1) is 0 Å². The van der Waals surface area contributed by atoms with Gasteiger partial charge in [-0.05, 0) is 32.4 Å². The normalized spacial score (nSPS) is 23.0. The van der Waals surface area contributed by atoms with Crippen molar-refractivity contribution >= 4 is 23.4 Å². The topological polar surface area (TPSA) is 53.1 Å². The van der Waals surface area contributed by atoms with Crippen LogP contribution in [0.5, 0.6) is 0 Å². The van der Waals surface area contributed by atoms with Gasteiger partial charge in [0.2, 0.25) is 0 Å². The molecule has 20 heavy (non-hydrogen) atoms. The second-order valence-electron chi connectivity index (χ2n) is 5.51. The van der Waals surface area contributed by atoms with Gasteiger partial charge < -0.3 is 10.6 Å². The molecular formula is C14H23N5S. The Morgan fingerprint density at radius 1 is 1.30 bits per heavy atom. The van der Waals surface area contributed by atoms with Crippen LogP contribution < -0.4 is 10.6 Å². The molecule has 1 saturated carbocycles. The van der Waals surface area contributed by atoms with E-state index in [-0.39, 0.29) is 0 Å². The highest BCUT2D eigenvalue weighted by Crippen LogP contribution is 2.30. The lowest BCUT2D eigenvalue weighted by molar-refractivity contribution is 0.326. The summed E-state index contributed by atoms with van der Waals surface area (Å²) in [6.45, 7) is 5.34. The Labute approximate surface area is 124 Å². The smallest absolute Gasteiger partial charge is 0.191 e. The number of nitrogens with zero attached hydrogens (tertiary/aromatic N) is 3. The van der Waals surface area contributed by atoms with Crippen molar-refractivity contribution in [1.29, 1.82) is 0 Å². The number of aromatic nitrogens is 2. The van der Waals surface area contributed by atoms with Gasteiger partial charge in [0.25, 0.3) is 0 Å². The molecule has 0 aromatic carbocycles. The molecule has 1 unspecified atom stereocenters. The van der Waals surface area contributed by atoms with E-state index in [9.17, 15) is 0 Å². The zero-order valence-electron chi connectivity index (χ0n) is 12.2. The van der Waals surface area contributed by atoms with Crippen LogP contribution in [-0.4, -0.2) is 52.8 Å². The van der Waals surface area contributed by atoms with E-state index in [4.69, 9.17) is 0 Å². The zero-order valence-corrected chi connectivity index (χ0v) is 13.0. The van der Waals surface area contributed by atoms with Crippen LogP contribution in [0.2, 0.25) is 0 Å². The number of hydrogen-bond acceptors (Lipinski definition) is 6. The van der Waals surface area contributed by atoms with E-state index in [0.717, 1.165) is 35.9 Å². The molecule has 2 N–H and O–H groups in total. The summed E-state index contributed by atoms with van der Waals surface area (Å²) >= 11 is 1.58. The number of hydrogen-bond donors (Lipinski definition) is 2. The van der Waals surface area contributed by atoms with Crippen LogP contribution in [0.1, 0.15) is 26.2 Å². The van der Waals surface area contributed by atoms with Crippen molar-refractivity contribution < 1.29 is 0 Å². The summed E-state index contributed by atoms with van der Waals surface area (Å²) in [6, 6.07) is 3.41. The van der Waals surface area contributed by atoms with E-state index < -0.39 is 0 Å². The molecule has 0 bridgehead atoms. The second-order valence-corrected chi connectivity index (χ2v) is 6.28. The zero-order chi connectivity index (χ0) is 13.9. The first-order valence-corrected chi connectivity index (χ1v) is 8.68. The fourth-order valence-electron chi connectivity index (χ4n) is 2.75. The Hall–Kier alpha value is -1.01. The minimum Gasteiger partial charge on any atom is -0.370 e. The average molecular weight is 293 g/mol. The summed E-state index contributed by atoms with van der Waals surface area (Å²) in [7, 11) is 0. The van der Waals surface area contributed by atoms with Crippen LogP contribution in [0.3, 0.4) is 0 Å². The van der Waals surface area contributed by atoms with Crippen LogP contribution in [0.4, 0.5) is 11.6 Å². The maximum Gasteiger partial charge on any atom is 0.191 e. The number of anilines is 2. The number of likely N-dealkylation sites (tertiary alicyclic amines) is 1. The lowest BCUT2D eigenvalue weighted by Crippen LogP contribution is -2.28. The SMILES string of the molecule is CCNc1cc(NC2CCN(C3CC3)C2)nc(SC)n1. The molecule has 3 rings (SSSR count). The number of thioether (sulfide) groups is 1. The third-order valence-corrected chi connectivity index (χ3v) is 4.43. The molecule has 0 spiro atoms. The molecule has 0 amide bonds. The molecule has 1 aromatic heterocycles. The first kappa shape index (κ1) is 13.9. The third kappa shape index (κ3) is 3.35. The van der Waals surface area contributed by atoms with Crippen LogP contribution in [0.25, 0.3) is 0 Å². The lowest BCUT2D eigenvalue weighted by Gasteiger charge is -2.17.